The fourth-order valence-electron chi connectivity index (χ4n) is 2.77. The maximum absolute atomic E-state index is 12.8. The summed E-state index contributed by atoms with van der Waals surface area (Å²) in [4.78, 5) is 4.61. The quantitative estimate of drug-likeness (QED) is 0.730. The molecule has 0 radical (unpaired) electrons. The molecule has 0 aliphatic carbocycles. The van der Waals surface area contributed by atoms with Crippen LogP contribution < -0.4 is 4.31 Å². The average Bonchev–Trinajstić information content (AvgIpc) is 2.72. The van der Waals surface area contributed by atoms with Gasteiger partial charge in [-0.15, -0.1) is 0 Å². The molecular formula is C16H12N2O2S. The molecule has 1 aromatic heterocycles. The lowest BCUT2D eigenvalue weighted by atomic mass is 10.1. The van der Waals surface area contributed by atoms with E-state index >= 15 is 0 Å². The number of nitrogens with zero attached hydrogens (tertiary/aromatic N) is 2. The van der Waals surface area contributed by atoms with E-state index in [-0.39, 0.29) is 6.54 Å². The van der Waals surface area contributed by atoms with Gasteiger partial charge >= 0.3 is 0 Å². The smallest absolute Gasteiger partial charge is 0.260 e. The second kappa shape index (κ2) is 4.30. The van der Waals surface area contributed by atoms with E-state index in [1.54, 1.807) is 18.3 Å². The van der Waals surface area contributed by atoms with Crippen LogP contribution in [0.4, 0.5) is 5.69 Å². The summed E-state index contributed by atoms with van der Waals surface area (Å²) in [5, 5.41) is 1.74. The van der Waals surface area contributed by atoms with Crippen molar-refractivity contribution >= 4 is 26.5 Å². The fourth-order valence-corrected chi connectivity index (χ4v) is 4.45. The highest BCUT2D eigenvalue weighted by Crippen LogP contribution is 2.42. The first kappa shape index (κ1) is 12.3. The largest absolute Gasteiger partial charge is 0.265 e. The van der Waals surface area contributed by atoms with Crippen molar-refractivity contribution in [1.82, 2.24) is 4.98 Å². The van der Waals surface area contributed by atoms with Crippen LogP contribution in [-0.4, -0.2) is 13.4 Å². The minimum atomic E-state index is -3.50. The molecule has 1 aliphatic rings. The van der Waals surface area contributed by atoms with Crippen molar-refractivity contribution in [2.24, 2.45) is 0 Å². The second-order valence-corrected chi connectivity index (χ2v) is 6.79. The molecule has 4 nitrogen and oxygen atoms in total. The lowest BCUT2D eigenvalue weighted by molar-refractivity contribution is 0.593. The monoisotopic (exact) mass is 296 g/mol. The highest BCUT2D eigenvalue weighted by Gasteiger charge is 2.35. The number of sulfonamides is 1. The number of rotatable bonds is 2. The average molecular weight is 296 g/mol. The molecule has 0 saturated carbocycles. The Morgan fingerprint density at radius 1 is 0.952 bits per heavy atom. The Morgan fingerprint density at radius 2 is 1.76 bits per heavy atom. The standard InChI is InChI=1S/C16H12N2O2S/c19-21(20)15-9-4-6-12-5-3-8-14(16(12)15)18(21)11-13-7-1-2-10-17-13/h1-10H,11H2. The molecule has 0 bridgehead atoms. The Morgan fingerprint density at radius 3 is 2.52 bits per heavy atom. The zero-order valence-electron chi connectivity index (χ0n) is 11.1. The van der Waals surface area contributed by atoms with Gasteiger partial charge in [0.15, 0.2) is 0 Å². The molecule has 5 heteroatoms. The van der Waals surface area contributed by atoms with Crippen LogP contribution in [0.25, 0.3) is 10.8 Å². The van der Waals surface area contributed by atoms with Crippen LogP contribution in [-0.2, 0) is 16.6 Å². The summed E-state index contributed by atoms with van der Waals surface area (Å²) >= 11 is 0. The molecule has 0 fully saturated rings. The fraction of sp³-hybridized carbons (Fsp3) is 0.0625. The highest BCUT2D eigenvalue weighted by atomic mass is 32.2. The molecule has 0 atom stereocenters. The predicted molar refractivity (Wildman–Crippen MR) is 81.6 cm³/mol. The first-order valence-corrected chi connectivity index (χ1v) is 8.06. The van der Waals surface area contributed by atoms with E-state index < -0.39 is 10.0 Å². The SMILES string of the molecule is O=S1(=O)c2cccc3cccc(c23)N1Cc1ccccn1. The normalized spacial score (nSPS) is 15.5. The molecule has 2 heterocycles. The topological polar surface area (TPSA) is 50.3 Å². The summed E-state index contributed by atoms with van der Waals surface area (Å²) in [6.07, 6.45) is 1.67. The minimum Gasteiger partial charge on any atom is -0.260 e. The third-order valence-corrected chi connectivity index (χ3v) is 5.52. The predicted octanol–water partition coefficient (Wildman–Crippen LogP) is 2.94. The lowest BCUT2D eigenvalue weighted by Gasteiger charge is -2.18. The third-order valence-electron chi connectivity index (χ3n) is 3.71. The molecule has 104 valence electrons. The van der Waals surface area contributed by atoms with Crippen molar-refractivity contribution in [2.45, 2.75) is 11.4 Å². The van der Waals surface area contributed by atoms with Crippen LogP contribution >= 0.6 is 0 Å². The molecule has 1 aliphatic heterocycles. The van der Waals surface area contributed by atoms with E-state index in [9.17, 15) is 8.42 Å². The maximum Gasteiger partial charge on any atom is 0.265 e. The van der Waals surface area contributed by atoms with Crippen LogP contribution in [0.15, 0.2) is 65.7 Å². The molecule has 0 spiro atoms. The van der Waals surface area contributed by atoms with E-state index in [0.717, 1.165) is 22.2 Å². The first-order valence-electron chi connectivity index (χ1n) is 6.62. The van der Waals surface area contributed by atoms with E-state index in [0.29, 0.717) is 4.90 Å². The van der Waals surface area contributed by atoms with Crippen molar-refractivity contribution < 1.29 is 8.42 Å². The van der Waals surface area contributed by atoms with Crippen LogP contribution in [0.5, 0.6) is 0 Å². The molecule has 21 heavy (non-hydrogen) atoms. The second-order valence-electron chi connectivity index (χ2n) is 4.96. The molecule has 0 unspecified atom stereocenters. The summed E-state index contributed by atoms with van der Waals surface area (Å²) in [5.41, 5.74) is 1.46. The molecule has 4 rings (SSSR count). The highest BCUT2D eigenvalue weighted by molar-refractivity contribution is 7.93. The number of aromatic nitrogens is 1. The lowest BCUT2D eigenvalue weighted by Crippen LogP contribution is -2.26. The van der Waals surface area contributed by atoms with Gasteiger partial charge in [0, 0.05) is 11.6 Å². The van der Waals surface area contributed by atoms with Gasteiger partial charge in [-0.25, -0.2) is 8.42 Å². The Hall–Kier alpha value is -2.40. The van der Waals surface area contributed by atoms with Crippen LogP contribution in [0.3, 0.4) is 0 Å². The molecule has 0 N–H and O–H groups in total. The number of hydrogen-bond acceptors (Lipinski definition) is 3. The summed E-state index contributed by atoms with van der Waals surface area (Å²) in [6, 6.07) is 16.6. The Labute approximate surface area is 122 Å². The number of pyridine rings is 1. The third kappa shape index (κ3) is 1.74. The number of hydrogen-bond donors (Lipinski definition) is 0. The van der Waals surface area contributed by atoms with Gasteiger partial charge in [0.05, 0.1) is 22.8 Å². The van der Waals surface area contributed by atoms with Crippen molar-refractivity contribution in [3.8, 4) is 0 Å². The van der Waals surface area contributed by atoms with Gasteiger partial charge in [-0.3, -0.25) is 9.29 Å². The summed E-state index contributed by atoms with van der Waals surface area (Å²) in [6.45, 7) is 0.247. The molecule has 2 aromatic carbocycles. The van der Waals surface area contributed by atoms with Gasteiger partial charge in [-0.2, -0.15) is 0 Å². The Kier molecular flexibility index (Phi) is 2.53. The summed E-state index contributed by atoms with van der Waals surface area (Å²) in [7, 11) is -3.50. The minimum absolute atomic E-state index is 0.247. The van der Waals surface area contributed by atoms with Crippen molar-refractivity contribution in [3.63, 3.8) is 0 Å². The van der Waals surface area contributed by atoms with Crippen molar-refractivity contribution in [3.05, 3.63) is 66.5 Å². The summed E-state index contributed by atoms with van der Waals surface area (Å²) < 4.78 is 27.0. The van der Waals surface area contributed by atoms with Crippen LogP contribution in [0.1, 0.15) is 5.69 Å². The molecular weight excluding hydrogens is 284 g/mol. The van der Waals surface area contributed by atoms with Crippen LogP contribution in [0.2, 0.25) is 0 Å². The van der Waals surface area contributed by atoms with Gasteiger partial charge in [0.1, 0.15) is 0 Å². The van der Waals surface area contributed by atoms with E-state index in [1.807, 2.05) is 42.5 Å². The Bertz CT molecular complexity index is 932. The molecule has 3 aromatic rings. The van der Waals surface area contributed by atoms with Gasteiger partial charge < -0.3 is 0 Å². The van der Waals surface area contributed by atoms with E-state index in [1.165, 1.54) is 4.31 Å². The zero-order chi connectivity index (χ0) is 14.4. The van der Waals surface area contributed by atoms with Gasteiger partial charge in [0.25, 0.3) is 10.0 Å². The summed E-state index contributed by atoms with van der Waals surface area (Å²) in [5.74, 6) is 0. The molecule has 0 amide bonds. The van der Waals surface area contributed by atoms with E-state index in [2.05, 4.69) is 4.98 Å². The van der Waals surface area contributed by atoms with Gasteiger partial charge in [-0.05, 0) is 29.7 Å². The van der Waals surface area contributed by atoms with Crippen LogP contribution in [0, 0.1) is 0 Å². The maximum atomic E-state index is 12.8. The van der Waals surface area contributed by atoms with Crippen molar-refractivity contribution in [2.75, 3.05) is 4.31 Å². The number of anilines is 1. The van der Waals surface area contributed by atoms with Crippen molar-refractivity contribution in [1.29, 1.82) is 0 Å². The van der Waals surface area contributed by atoms with E-state index in [4.69, 9.17) is 0 Å². The van der Waals surface area contributed by atoms with Gasteiger partial charge in [-0.1, -0.05) is 30.3 Å². The Balaban J connectivity index is 1.93. The zero-order valence-corrected chi connectivity index (χ0v) is 11.9. The number of benzene rings is 2. The molecule has 0 saturated heterocycles. The van der Waals surface area contributed by atoms with Gasteiger partial charge in [0.2, 0.25) is 0 Å². The first-order chi connectivity index (χ1) is 10.2.